The Morgan fingerprint density at radius 2 is 1.92 bits per heavy atom. The molecule has 0 aliphatic carbocycles. The van der Waals surface area contributed by atoms with Gasteiger partial charge in [-0.1, -0.05) is 30.3 Å². The van der Waals surface area contributed by atoms with Gasteiger partial charge in [0.1, 0.15) is 6.61 Å². The molecule has 1 aromatic carbocycles. The van der Waals surface area contributed by atoms with Crippen LogP contribution in [0.4, 0.5) is 13.6 Å². The molecule has 3 rings (SSSR count). The second-order valence-corrected chi connectivity index (χ2v) is 6.31. The summed E-state index contributed by atoms with van der Waals surface area (Å²) in [7, 11) is 0. The highest BCUT2D eigenvalue weighted by Crippen LogP contribution is 2.28. The quantitative estimate of drug-likeness (QED) is 0.914. The molecule has 2 fully saturated rings. The number of nitrogens with zero attached hydrogens (tertiary/aromatic N) is 2. The molecular formula is C17H23F2N3O2. The molecule has 7 heteroatoms. The summed E-state index contributed by atoms with van der Waals surface area (Å²) in [4.78, 5) is 15.5. The number of hydrogen-bond acceptors (Lipinski definition) is 4. The highest BCUT2D eigenvalue weighted by Gasteiger charge is 2.45. The number of nitrogens with one attached hydrogen (secondary N) is 1. The zero-order chi connectivity index (χ0) is 17.0. The van der Waals surface area contributed by atoms with E-state index in [9.17, 15) is 13.6 Å². The second kappa shape index (κ2) is 7.44. The van der Waals surface area contributed by atoms with Crippen LogP contribution in [0.2, 0.25) is 0 Å². The van der Waals surface area contributed by atoms with E-state index in [1.165, 1.54) is 0 Å². The number of benzene rings is 1. The number of piperidine rings is 1. The van der Waals surface area contributed by atoms with Gasteiger partial charge in [-0.15, -0.1) is 0 Å². The maximum absolute atomic E-state index is 14.0. The van der Waals surface area contributed by atoms with Gasteiger partial charge in [-0.05, 0) is 18.5 Å². The summed E-state index contributed by atoms with van der Waals surface area (Å²) in [5.41, 5.74) is 0.929. The van der Waals surface area contributed by atoms with Crippen LogP contribution in [0.15, 0.2) is 30.3 Å². The summed E-state index contributed by atoms with van der Waals surface area (Å²) in [6.07, 6.45) is 0.0569. The van der Waals surface area contributed by atoms with Crippen molar-refractivity contribution in [1.82, 2.24) is 15.1 Å². The lowest BCUT2D eigenvalue weighted by atomic mass is 10.00. The number of amides is 1. The molecule has 1 amide bonds. The van der Waals surface area contributed by atoms with Crippen LogP contribution in [0.5, 0.6) is 0 Å². The van der Waals surface area contributed by atoms with Gasteiger partial charge in [-0.25, -0.2) is 13.6 Å². The fourth-order valence-corrected chi connectivity index (χ4v) is 3.30. The van der Waals surface area contributed by atoms with Crippen LogP contribution in [0.3, 0.4) is 0 Å². The van der Waals surface area contributed by atoms with E-state index < -0.39 is 12.0 Å². The van der Waals surface area contributed by atoms with Gasteiger partial charge < -0.3 is 15.0 Å². The smallest absolute Gasteiger partial charge is 0.410 e. The number of rotatable bonds is 3. The Bertz CT molecular complexity index is 548. The molecule has 5 nitrogen and oxygen atoms in total. The van der Waals surface area contributed by atoms with Crippen molar-refractivity contribution >= 4 is 6.09 Å². The molecule has 1 unspecified atom stereocenters. The van der Waals surface area contributed by atoms with Crippen molar-refractivity contribution < 1.29 is 18.3 Å². The Labute approximate surface area is 140 Å². The normalized spacial score (nSPS) is 24.6. The highest BCUT2D eigenvalue weighted by molar-refractivity contribution is 5.67. The topological polar surface area (TPSA) is 44.8 Å². The third-order valence-electron chi connectivity index (χ3n) is 4.66. The van der Waals surface area contributed by atoms with E-state index in [1.807, 2.05) is 35.2 Å². The molecular weight excluding hydrogens is 316 g/mol. The number of ether oxygens (including phenoxy) is 1. The molecule has 2 heterocycles. The van der Waals surface area contributed by atoms with Crippen molar-refractivity contribution in [3.05, 3.63) is 35.9 Å². The highest BCUT2D eigenvalue weighted by atomic mass is 19.3. The Morgan fingerprint density at radius 3 is 2.58 bits per heavy atom. The third-order valence-corrected chi connectivity index (χ3v) is 4.66. The maximum Gasteiger partial charge on any atom is 0.410 e. The fourth-order valence-electron chi connectivity index (χ4n) is 3.30. The van der Waals surface area contributed by atoms with Crippen LogP contribution in [-0.4, -0.2) is 67.1 Å². The van der Waals surface area contributed by atoms with Crippen LogP contribution in [-0.2, 0) is 11.3 Å². The minimum Gasteiger partial charge on any atom is -0.445 e. The molecule has 0 spiro atoms. The van der Waals surface area contributed by atoms with Crippen LogP contribution < -0.4 is 5.32 Å². The summed E-state index contributed by atoms with van der Waals surface area (Å²) in [6, 6.07) is 8.74. The van der Waals surface area contributed by atoms with E-state index in [-0.39, 0.29) is 19.2 Å². The molecule has 2 aliphatic heterocycles. The largest absolute Gasteiger partial charge is 0.445 e. The predicted molar refractivity (Wildman–Crippen MR) is 86.0 cm³/mol. The Morgan fingerprint density at radius 1 is 1.21 bits per heavy atom. The lowest BCUT2D eigenvalue weighted by Crippen LogP contribution is -2.61. The van der Waals surface area contributed by atoms with Gasteiger partial charge in [0.25, 0.3) is 5.92 Å². The number of carbonyl (C=O) groups excluding carboxylic acids is 1. The predicted octanol–water partition coefficient (Wildman–Crippen LogP) is 1.94. The average molecular weight is 339 g/mol. The minimum atomic E-state index is -2.71. The number of piperazine rings is 1. The molecule has 1 atom stereocenters. The number of halogens is 2. The first-order valence-electron chi connectivity index (χ1n) is 8.34. The molecule has 1 aromatic rings. The number of carbonyl (C=O) groups is 1. The average Bonchev–Trinajstić information content (AvgIpc) is 2.60. The van der Waals surface area contributed by atoms with E-state index >= 15 is 0 Å². The van der Waals surface area contributed by atoms with Gasteiger partial charge in [-0.3, -0.25) is 4.90 Å². The van der Waals surface area contributed by atoms with Gasteiger partial charge >= 0.3 is 6.09 Å². The van der Waals surface area contributed by atoms with Crippen molar-refractivity contribution in [3.63, 3.8) is 0 Å². The van der Waals surface area contributed by atoms with Gasteiger partial charge in [-0.2, -0.15) is 0 Å². The summed E-state index contributed by atoms with van der Waals surface area (Å²) in [6.45, 7) is 2.34. The standard InChI is InChI=1S/C17H23F2N3O2/c18-17(19)13-20-7-6-15(17)21-8-10-22(11-9-21)16(23)24-12-14-4-2-1-3-5-14/h1-5,15,20H,6-13H2. The van der Waals surface area contributed by atoms with Crippen molar-refractivity contribution in [1.29, 1.82) is 0 Å². The van der Waals surface area contributed by atoms with E-state index in [1.54, 1.807) is 4.90 Å². The van der Waals surface area contributed by atoms with Crippen LogP contribution in [0, 0.1) is 0 Å². The zero-order valence-corrected chi connectivity index (χ0v) is 13.6. The van der Waals surface area contributed by atoms with E-state index in [2.05, 4.69) is 5.32 Å². The molecule has 132 valence electrons. The van der Waals surface area contributed by atoms with Crippen molar-refractivity contribution in [3.8, 4) is 0 Å². The summed E-state index contributed by atoms with van der Waals surface area (Å²) >= 11 is 0. The molecule has 2 saturated heterocycles. The zero-order valence-electron chi connectivity index (χ0n) is 13.6. The molecule has 24 heavy (non-hydrogen) atoms. The molecule has 0 aromatic heterocycles. The lowest BCUT2D eigenvalue weighted by Gasteiger charge is -2.43. The van der Waals surface area contributed by atoms with E-state index in [0.29, 0.717) is 39.1 Å². The first-order chi connectivity index (χ1) is 11.6. The Kier molecular flexibility index (Phi) is 5.30. The summed E-state index contributed by atoms with van der Waals surface area (Å²) in [5.74, 6) is -2.71. The van der Waals surface area contributed by atoms with E-state index in [0.717, 1.165) is 5.56 Å². The fraction of sp³-hybridized carbons (Fsp3) is 0.588. The first kappa shape index (κ1) is 17.1. The van der Waals surface area contributed by atoms with Gasteiger partial charge in [0.2, 0.25) is 0 Å². The Balaban J connectivity index is 1.47. The van der Waals surface area contributed by atoms with Gasteiger partial charge in [0.15, 0.2) is 0 Å². The SMILES string of the molecule is O=C(OCc1ccccc1)N1CCN(C2CCNCC2(F)F)CC1. The van der Waals surface area contributed by atoms with Crippen LogP contribution in [0.1, 0.15) is 12.0 Å². The van der Waals surface area contributed by atoms with Gasteiger partial charge in [0, 0.05) is 26.2 Å². The second-order valence-electron chi connectivity index (χ2n) is 6.31. The number of hydrogen-bond donors (Lipinski definition) is 1. The molecule has 0 bridgehead atoms. The first-order valence-corrected chi connectivity index (χ1v) is 8.34. The molecule has 0 saturated carbocycles. The summed E-state index contributed by atoms with van der Waals surface area (Å²) < 4.78 is 33.3. The summed E-state index contributed by atoms with van der Waals surface area (Å²) in [5, 5.41) is 2.74. The number of alkyl halides is 2. The van der Waals surface area contributed by atoms with Crippen molar-refractivity contribution in [2.24, 2.45) is 0 Å². The van der Waals surface area contributed by atoms with Crippen LogP contribution in [0.25, 0.3) is 0 Å². The monoisotopic (exact) mass is 339 g/mol. The lowest BCUT2D eigenvalue weighted by molar-refractivity contribution is -0.103. The molecule has 0 radical (unpaired) electrons. The molecule has 2 aliphatic rings. The maximum atomic E-state index is 14.0. The Hall–Kier alpha value is -1.73. The van der Waals surface area contributed by atoms with Crippen molar-refractivity contribution in [2.45, 2.75) is 25.0 Å². The van der Waals surface area contributed by atoms with E-state index in [4.69, 9.17) is 4.74 Å². The third kappa shape index (κ3) is 4.02. The molecule has 1 N–H and O–H groups in total. The van der Waals surface area contributed by atoms with Crippen LogP contribution >= 0.6 is 0 Å². The minimum absolute atomic E-state index is 0.228. The van der Waals surface area contributed by atoms with Gasteiger partial charge in [0.05, 0.1) is 12.6 Å². The van der Waals surface area contributed by atoms with Crippen molar-refractivity contribution in [2.75, 3.05) is 39.3 Å².